The normalized spacial score (nSPS) is 10.8. The number of benzene rings is 3. The van der Waals surface area contributed by atoms with Crippen LogP contribution in [0.25, 0.3) is 33.6 Å². The molecule has 0 spiro atoms. The summed E-state index contributed by atoms with van der Waals surface area (Å²) < 4.78 is 5.55. The van der Waals surface area contributed by atoms with E-state index >= 15 is 0 Å². The zero-order valence-corrected chi connectivity index (χ0v) is 17.0. The number of nitrogens with zero attached hydrogens (tertiary/aromatic N) is 4. The van der Waals surface area contributed by atoms with Crippen LogP contribution >= 0.6 is 0 Å². The summed E-state index contributed by atoms with van der Waals surface area (Å²) in [6.45, 7) is 0. The molecule has 0 atom stereocenters. The number of nitrogens with one attached hydrogen (secondary N) is 1. The Morgan fingerprint density at radius 1 is 0.879 bits per heavy atom. The third kappa shape index (κ3) is 4.02. The Morgan fingerprint density at radius 2 is 1.61 bits per heavy atom. The molecule has 9 heteroatoms. The summed E-state index contributed by atoms with van der Waals surface area (Å²) >= 11 is 0. The molecule has 2 aromatic heterocycles. The number of rotatable bonds is 5. The summed E-state index contributed by atoms with van der Waals surface area (Å²) in [4.78, 5) is 28.1. The highest BCUT2D eigenvalue weighted by molar-refractivity contribution is 6.12. The Balaban J connectivity index is 1.46. The number of para-hydroxylation sites is 1. The van der Waals surface area contributed by atoms with Crippen LogP contribution in [0.4, 0.5) is 11.7 Å². The minimum atomic E-state index is -0.494. The molecule has 0 aliphatic rings. The Labute approximate surface area is 186 Å². The first-order valence-electron chi connectivity index (χ1n) is 9.93. The van der Waals surface area contributed by atoms with Crippen molar-refractivity contribution in [3.8, 4) is 22.7 Å². The van der Waals surface area contributed by atoms with E-state index in [1.807, 2.05) is 54.6 Å². The second kappa shape index (κ2) is 8.31. The Kier molecular flexibility index (Phi) is 5.04. The van der Waals surface area contributed by atoms with Gasteiger partial charge in [-0.15, -0.1) is 5.10 Å². The van der Waals surface area contributed by atoms with Gasteiger partial charge in [-0.3, -0.25) is 20.2 Å². The van der Waals surface area contributed by atoms with Gasteiger partial charge in [0.25, 0.3) is 11.6 Å². The molecule has 33 heavy (non-hydrogen) atoms. The highest BCUT2D eigenvalue weighted by Gasteiger charge is 2.17. The van der Waals surface area contributed by atoms with Crippen LogP contribution in [0, 0.1) is 10.1 Å². The van der Waals surface area contributed by atoms with Crippen LogP contribution in [0.15, 0.2) is 89.3 Å². The Hall–Kier alpha value is -4.92. The van der Waals surface area contributed by atoms with Gasteiger partial charge >= 0.3 is 6.01 Å². The number of fused-ring (bicyclic) bond motifs is 1. The second-order valence-electron chi connectivity index (χ2n) is 7.11. The number of pyridine rings is 1. The first-order chi connectivity index (χ1) is 16.1. The van der Waals surface area contributed by atoms with Gasteiger partial charge in [-0.25, -0.2) is 4.98 Å². The molecular formula is C24H15N5O4. The molecule has 9 nitrogen and oxygen atoms in total. The van der Waals surface area contributed by atoms with Crippen molar-refractivity contribution in [3.63, 3.8) is 0 Å². The monoisotopic (exact) mass is 437 g/mol. The van der Waals surface area contributed by atoms with E-state index in [4.69, 9.17) is 4.42 Å². The molecule has 0 bridgehead atoms. The van der Waals surface area contributed by atoms with Gasteiger partial charge in [0.15, 0.2) is 0 Å². The molecule has 5 aromatic rings. The predicted octanol–water partition coefficient (Wildman–Crippen LogP) is 5.11. The minimum absolute atomic E-state index is 0.0504. The summed E-state index contributed by atoms with van der Waals surface area (Å²) in [7, 11) is 0. The summed E-state index contributed by atoms with van der Waals surface area (Å²) in [6, 6.07) is 24.3. The van der Waals surface area contributed by atoms with E-state index in [0.717, 1.165) is 5.56 Å². The maximum atomic E-state index is 13.1. The van der Waals surface area contributed by atoms with Gasteiger partial charge < -0.3 is 4.42 Å². The standard InChI is InChI=1S/C24H15N5O4/c30-22(26-24-28-27-23(33-24)16-10-12-17(13-11-16)29(31)32)19-14-21(15-6-2-1-3-7-15)25-20-9-5-4-8-18(19)20/h1-14H,(H,26,28,30). The maximum Gasteiger partial charge on any atom is 0.322 e. The van der Waals surface area contributed by atoms with Gasteiger partial charge in [0.05, 0.1) is 21.7 Å². The van der Waals surface area contributed by atoms with Gasteiger partial charge in [-0.05, 0) is 24.3 Å². The van der Waals surface area contributed by atoms with Crippen LogP contribution in [0.2, 0.25) is 0 Å². The molecule has 1 amide bonds. The van der Waals surface area contributed by atoms with E-state index < -0.39 is 10.8 Å². The smallest absolute Gasteiger partial charge is 0.322 e. The molecule has 0 aliphatic heterocycles. The van der Waals surface area contributed by atoms with Gasteiger partial charge in [-0.1, -0.05) is 53.6 Å². The molecule has 0 saturated heterocycles. The number of carbonyl (C=O) groups excluding carboxylic acids is 1. The molecule has 5 rings (SSSR count). The number of hydrogen-bond acceptors (Lipinski definition) is 7. The van der Waals surface area contributed by atoms with E-state index in [9.17, 15) is 14.9 Å². The van der Waals surface area contributed by atoms with Crippen molar-refractivity contribution in [1.82, 2.24) is 15.2 Å². The molecular weight excluding hydrogens is 422 g/mol. The number of nitro groups is 1. The lowest BCUT2D eigenvalue weighted by Gasteiger charge is -2.09. The van der Waals surface area contributed by atoms with Crippen molar-refractivity contribution in [2.45, 2.75) is 0 Å². The van der Waals surface area contributed by atoms with Gasteiger partial charge in [-0.2, -0.15) is 0 Å². The molecule has 1 N–H and O–H groups in total. The summed E-state index contributed by atoms with van der Waals surface area (Å²) in [5.74, 6) is -0.297. The molecule has 0 saturated carbocycles. The molecule has 0 fully saturated rings. The number of amides is 1. The third-order valence-corrected chi connectivity index (χ3v) is 5.00. The van der Waals surface area contributed by atoms with Crippen LogP contribution in [0.5, 0.6) is 0 Å². The van der Waals surface area contributed by atoms with Crippen LogP contribution in [-0.4, -0.2) is 26.0 Å². The number of nitro benzene ring substituents is 1. The third-order valence-electron chi connectivity index (χ3n) is 5.00. The number of aromatic nitrogens is 3. The highest BCUT2D eigenvalue weighted by atomic mass is 16.6. The van der Waals surface area contributed by atoms with Crippen LogP contribution in [0.3, 0.4) is 0 Å². The van der Waals surface area contributed by atoms with Crippen LogP contribution < -0.4 is 5.32 Å². The Bertz CT molecular complexity index is 1480. The Morgan fingerprint density at radius 3 is 2.36 bits per heavy atom. The minimum Gasteiger partial charge on any atom is -0.403 e. The number of carbonyl (C=O) groups is 1. The zero-order chi connectivity index (χ0) is 22.8. The van der Waals surface area contributed by atoms with Gasteiger partial charge in [0.2, 0.25) is 5.89 Å². The molecule has 0 radical (unpaired) electrons. The lowest BCUT2D eigenvalue weighted by molar-refractivity contribution is -0.384. The van der Waals surface area contributed by atoms with E-state index in [-0.39, 0.29) is 17.6 Å². The SMILES string of the molecule is O=C(Nc1nnc(-c2ccc([N+](=O)[O-])cc2)o1)c1cc(-c2ccccc2)nc2ccccc12. The molecule has 0 unspecified atom stereocenters. The first kappa shape index (κ1) is 20.0. The zero-order valence-electron chi connectivity index (χ0n) is 17.0. The number of anilines is 1. The summed E-state index contributed by atoms with van der Waals surface area (Å²) in [5, 5.41) is 21.9. The van der Waals surface area contributed by atoms with Crippen molar-refractivity contribution in [2.24, 2.45) is 0 Å². The predicted molar refractivity (Wildman–Crippen MR) is 122 cm³/mol. The topological polar surface area (TPSA) is 124 Å². The van der Waals surface area contributed by atoms with Gasteiger partial charge in [0.1, 0.15) is 0 Å². The van der Waals surface area contributed by atoms with Crippen molar-refractivity contribution in [1.29, 1.82) is 0 Å². The summed E-state index contributed by atoms with van der Waals surface area (Å²) in [5.41, 5.74) is 3.09. The first-order valence-corrected chi connectivity index (χ1v) is 9.93. The lowest BCUT2D eigenvalue weighted by atomic mass is 10.0. The van der Waals surface area contributed by atoms with E-state index in [0.29, 0.717) is 27.7 Å². The van der Waals surface area contributed by atoms with Gasteiger partial charge in [0, 0.05) is 28.6 Å². The van der Waals surface area contributed by atoms with Crippen LogP contribution in [0.1, 0.15) is 10.4 Å². The van der Waals surface area contributed by atoms with Crippen LogP contribution in [-0.2, 0) is 0 Å². The molecule has 160 valence electrons. The lowest BCUT2D eigenvalue weighted by Crippen LogP contribution is -2.13. The number of hydrogen-bond donors (Lipinski definition) is 1. The molecule has 0 aliphatic carbocycles. The maximum absolute atomic E-state index is 13.1. The molecule has 3 aromatic carbocycles. The van der Waals surface area contributed by atoms with E-state index in [2.05, 4.69) is 20.5 Å². The van der Waals surface area contributed by atoms with E-state index in [1.165, 1.54) is 24.3 Å². The highest BCUT2D eigenvalue weighted by Crippen LogP contribution is 2.26. The van der Waals surface area contributed by atoms with Crippen molar-refractivity contribution in [3.05, 3.63) is 101 Å². The average molecular weight is 437 g/mol. The van der Waals surface area contributed by atoms with Crippen molar-refractivity contribution >= 4 is 28.5 Å². The number of non-ortho nitro benzene ring substituents is 1. The fourth-order valence-electron chi connectivity index (χ4n) is 3.40. The average Bonchev–Trinajstić information content (AvgIpc) is 3.32. The van der Waals surface area contributed by atoms with E-state index in [1.54, 1.807) is 6.07 Å². The van der Waals surface area contributed by atoms with Crippen molar-refractivity contribution < 1.29 is 14.1 Å². The quantitative estimate of drug-likeness (QED) is 0.299. The largest absolute Gasteiger partial charge is 0.403 e. The second-order valence-corrected chi connectivity index (χ2v) is 7.11. The fourth-order valence-corrected chi connectivity index (χ4v) is 3.40. The fraction of sp³-hybridized carbons (Fsp3) is 0. The molecule has 2 heterocycles. The summed E-state index contributed by atoms with van der Waals surface area (Å²) in [6.07, 6.45) is 0. The van der Waals surface area contributed by atoms with Crippen molar-refractivity contribution in [2.75, 3.05) is 5.32 Å².